The van der Waals surface area contributed by atoms with Crippen LogP contribution in [0.2, 0.25) is 0 Å². The Morgan fingerprint density at radius 3 is 1.87 bits per heavy atom. The number of unbranched alkanes of at least 4 members (excludes halogenated alkanes) is 5. The van der Waals surface area contributed by atoms with Crippen LogP contribution in [0.15, 0.2) is 48.5 Å². The summed E-state index contributed by atoms with van der Waals surface area (Å²) < 4.78 is 0. The number of halogens is 1. The highest BCUT2D eigenvalue weighted by molar-refractivity contribution is 5.85. The number of aryl methyl sites for hydroxylation is 1. The maximum Gasteiger partial charge on any atom is 0.0184 e. The summed E-state index contributed by atoms with van der Waals surface area (Å²) >= 11 is 0. The van der Waals surface area contributed by atoms with Crippen molar-refractivity contribution in [3.8, 4) is 11.1 Å². The predicted molar refractivity (Wildman–Crippen MR) is 104 cm³/mol. The van der Waals surface area contributed by atoms with E-state index in [4.69, 9.17) is 5.73 Å². The second kappa shape index (κ2) is 11.3. The van der Waals surface area contributed by atoms with E-state index in [9.17, 15) is 0 Å². The predicted octanol–water partition coefficient (Wildman–Crippen LogP) is 6.14. The maximum absolute atomic E-state index is 5.91. The first-order valence-corrected chi connectivity index (χ1v) is 8.73. The molecule has 0 amide bonds. The third-order valence-electron chi connectivity index (χ3n) is 4.34. The third kappa shape index (κ3) is 6.01. The highest BCUT2D eigenvalue weighted by Gasteiger charge is 2.07. The van der Waals surface area contributed by atoms with Gasteiger partial charge in [0.1, 0.15) is 0 Å². The smallest absolute Gasteiger partial charge is 0.0184 e. The Hall–Kier alpha value is -1.31. The summed E-state index contributed by atoms with van der Waals surface area (Å²) in [5, 5.41) is 0. The molecule has 0 saturated carbocycles. The maximum atomic E-state index is 5.91. The zero-order valence-corrected chi connectivity index (χ0v) is 15.1. The molecule has 126 valence electrons. The Morgan fingerprint density at radius 1 is 0.696 bits per heavy atom. The van der Waals surface area contributed by atoms with E-state index >= 15 is 0 Å². The highest BCUT2D eigenvalue weighted by atomic mass is 35.5. The molecule has 23 heavy (non-hydrogen) atoms. The summed E-state index contributed by atoms with van der Waals surface area (Å²) in [5.74, 6) is 0. The molecule has 2 heteroatoms. The van der Waals surface area contributed by atoms with Crippen LogP contribution in [0.4, 0.5) is 0 Å². The minimum atomic E-state index is 0. The van der Waals surface area contributed by atoms with Crippen molar-refractivity contribution in [1.82, 2.24) is 0 Å². The lowest BCUT2D eigenvalue weighted by Gasteiger charge is -2.13. The number of rotatable bonds is 9. The van der Waals surface area contributed by atoms with Crippen LogP contribution < -0.4 is 5.73 Å². The first kappa shape index (κ1) is 19.7. The van der Waals surface area contributed by atoms with Crippen LogP contribution in [-0.4, -0.2) is 0 Å². The molecule has 0 aromatic heterocycles. The molecule has 0 aliphatic rings. The van der Waals surface area contributed by atoms with Crippen molar-refractivity contribution >= 4 is 12.4 Å². The average Bonchev–Trinajstić information content (AvgIpc) is 2.58. The highest BCUT2D eigenvalue weighted by Crippen LogP contribution is 2.28. The van der Waals surface area contributed by atoms with Crippen LogP contribution in [0, 0.1) is 0 Å². The first-order valence-electron chi connectivity index (χ1n) is 8.73. The van der Waals surface area contributed by atoms with Crippen LogP contribution in [0.5, 0.6) is 0 Å². The van der Waals surface area contributed by atoms with E-state index in [1.54, 1.807) is 0 Å². The monoisotopic (exact) mass is 331 g/mol. The van der Waals surface area contributed by atoms with Gasteiger partial charge in [0.25, 0.3) is 0 Å². The fourth-order valence-corrected chi connectivity index (χ4v) is 3.06. The van der Waals surface area contributed by atoms with Gasteiger partial charge in [-0.15, -0.1) is 12.4 Å². The number of hydrogen-bond donors (Lipinski definition) is 1. The lowest BCUT2D eigenvalue weighted by molar-refractivity contribution is 0.608. The topological polar surface area (TPSA) is 26.0 Å². The molecular formula is C21H30ClN. The molecule has 2 aromatic rings. The average molecular weight is 332 g/mol. The van der Waals surface area contributed by atoms with Crippen molar-refractivity contribution in [2.45, 2.75) is 58.4 Å². The molecule has 0 bridgehead atoms. The molecule has 0 saturated heterocycles. The molecule has 2 N–H and O–H groups in total. The minimum Gasteiger partial charge on any atom is -0.326 e. The van der Waals surface area contributed by atoms with Gasteiger partial charge in [-0.25, -0.2) is 0 Å². The second-order valence-corrected chi connectivity index (χ2v) is 6.04. The summed E-state index contributed by atoms with van der Waals surface area (Å²) in [6.45, 7) is 2.87. The Balaban J connectivity index is 0.00000264. The van der Waals surface area contributed by atoms with E-state index in [1.807, 2.05) is 0 Å². The molecule has 2 rings (SSSR count). The van der Waals surface area contributed by atoms with E-state index in [-0.39, 0.29) is 12.4 Å². The van der Waals surface area contributed by atoms with Gasteiger partial charge in [0, 0.05) is 6.54 Å². The van der Waals surface area contributed by atoms with Gasteiger partial charge in [0.2, 0.25) is 0 Å². The van der Waals surface area contributed by atoms with Gasteiger partial charge in [-0.1, -0.05) is 87.6 Å². The van der Waals surface area contributed by atoms with Crippen LogP contribution in [0.1, 0.15) is 56.6 Å². The van der Waals surface area contributed by atoms with E-state index in [2.05, 4.69) is 55.5 Å². The van der Waals surface area contributed by atoms with Gasteiger partial charge in [-0.05, 0) is 35.1 Å². The summed E-state index contributed by atoms with van der Waals surface area (Å²) in [6.07, 6.45) is 9.24. The van der Waals surface area contributed by atoms with E-state index in [1.165, 1.54) is 67.2 Å². The van der Waals surface area contributed by atoms with Crippen molar-refractivity contribution in [3.63, 3.8) is 0 Å². The van der Waals surface area contributed by atoms with Crippen molar-refractivity contribution in [2.75, 3.05) is 0 Å². The minimum absolute atomic E-state index is 0. The van der Waals surface area contributed by atoms with Gasteiger partial charge >= 0.3 is 0 Å². The Labute approximate surface area is 147 Å². The van der Waals surface area contributed by atoms with Crippen LogP contribution in [0.3, 0.4) is 0 Å². The summed E-state index contributed by atoms with van der Waals surface area (Å²) in [5.41, 5.74) is 11.3. The third-order valence-corrected chi connectivity index (χ3v) is 4.34. The van der Waals surface area contributed by atoms with Crippen molar-refractivity contribution in [3.05, 3.63) is 59.7 Å². The summed E-state index contributed by atoms with van der Waals surface area (Å²) in [7, 11) is 0. The fourth-order valence-electron chi connectivity index (χ4n) is 3.06. The molecule has 0 aliphatic carbocycles. The molecule has 1 nitrogen and oxygen atoms in total. The zero-order chi connectivity index (χ0) is 15.6. The summed E-state index contributed by atoms with van der Waals surface area (Å²) in [6, 6.07) is 17.3. The molecule has 2 aromatic carbocycles. The number of nitrogens with two attached hydrogens (primary N) is 1. The summed E-state index contributed by atoms with van der Waals surface area (Å²) in [4.78, 5) is 0. The van der Waals surface area contributed by atoms with E-state index < -0.39 is 0 Å². The molecule has 0 radical (unpaired) electrons. The Morgan fingerprint density at radius 2 is 1.22 bits per heavy atom. The Bertz CT molecular complexity index is 565. The molecule has 0 fully saturated rings. The van der Waals surface area contributed by atoms with Crippen LogP contribution >= 0.6 is 12.4 Å². The van der Waals surface area contributed by atoms with Crippen LogP contribution in [-0.2, 0) is 13.0 Å². The molecular weight excluding hydrogens is 302 g/mol. The lowest BCUT2D eigenvalue weighted by Crippen LogP contribution is -2.00. The SMILES string of the molecule is CCCCCCCCc1ccccc1-c1ccccc1CN.Cl. The number of hydrogen-bond acceptors (Lipinski definition) is 1. The largest absolute Gasteiger partial charge is 0.326 e. The second-order valence-electron chi connectivity index (χ2n) is 6.04. The van der Waals surface area contributed by atoms with Gasteiger partial charge in [-0.2, -0.15) is 0 Å². The first-order chi connectivity index (χ1) is 10.9. The van der Waals surface area contributed by atoms with Gasteiger partial charge < -0.3 is 5.73 Å². The van der Waals surface area contributed by atoms with E-state index in [0.717, 1.165) is 0 Å². The zero-order valence-electron chi connectivity index (χ0n) is 14.3. The quantitative estimate of drug-likeness (QED) is 0.549. The Kier molecular flexibility index (Phi) is 9.66. The van der Waals surface area contributed by atoms with E-state index in [0.29, 0.717) is 6.54 Å². The van der Waals surface area contributed by atoms with Crippen molar-refractivity contribution in [1.29, 1.82) is 0 Å². The standard InChI is InChI=1S/C21H29N.ClH/c1-2-3-4-5-6-7-12-18-13-8-10-15-20(18)21-16-11-9-14-19(21)17-22;/h8-11,13-16H,2-7,12,17,22H2,1H3;1H. The molecule has 0 aliphatic heterocycles. The lowest BCUT2D eigenvalue weighted by atomic mass is 9.92. The molecule has 0 unspecified atom stereocenters. The van der Waals surface area contributed by atoms with Gasteiger partial charge in [0.05, 0.1) is 0 Å². The normalized spacial score (nSPS) is 10.3. The van der Waals surface area contributed by atoms with Crippen LogP contribution in [0.25, 0.3) is 11.1 Å². The number of benzene rings is 2. The van der Waals surface area contributed by atoms with Gasteiger partial charge in [0.15, 0.2) is 0 Å². The molecule has 0 spiro atoms. The van der Waals surface area contributed by atoms with Crippen molar-refractivity contribution in [2.24, 2.45) is 5.73 Å². The fraction of sp³-hybridized carbons (Fsp3) is 0.429. The van der Waals surface area contributed by atoms with Crippen molar-refractivity contribution < 1.29 is 0 Å². The molecule has 0 atom stereocenters. The molecule has 0 heterocycles. The van der Waals surface area contributed by atoms with Gasteiger partial charge in [-0.3, -0.25) is 0 Å².